The van der Waals surface area contributed by atoms with Crippen molar-refractivity contribution in [2.45, 2.75) is 32.5 Å². The lowest BCUT2D eigenvalue weighted by Crippen LogP contribution is -2.35. The summed E-state index contributed by atoms with van der Waals surface area (Å²) >= 11 is 0. The van der Waals surface area contributed by atoms with Crippen LogP contribution in [0, 0.1) is 10.1 Å². The minimum Gasteiger partial charge on any atom is -0.469 e. The second kappa shape index (κ2) is 7.81. The largest absolute Gasteiger partial charge is 0.491 e. The number of rotatable bonds is 8. The van der Waals surface area contributed by atoms with Crippen molar-refractivity contribution in [2.24, 2.45) is 0 Å². The maximum absolute atomic E-state index is 12.6. The average Bonchev–Trinajstić information content (AvgIpc) is 3.40. The van der Waals surface area contributed by atoms with Gasteiger partial charge in [0.25, 0.3) is 5.91 Å². The Kier molecular flexibility index (Phi) is 5.29. The molecule has 0 N–H and O–H groups in total. The fourth-order valence-electron chi connectivity index (χ4n) is 2.52. The van der Waals surface area contributed by atoms with Gasteiger partial charge in [0.1, 0.15) is 11.5 Å². The number of hydrogen-bond acceptors (Lipinski definition) is 7. The van der Waals surface area contributed by atoms with E-state index < -0.39 is 10.9 Å². The van der Waals surface area contributed by atoms with Gasteiger partial charge in [-0.2, -0.15) is 9.78 Å². The molecule has 11 nitrogen and oxygen atoms in total. The summed E-state index contributed by atoms with van der Waals surface area (Å²) in [4.78, 5) is 27.8. The molecule has 0 bridgehead atoms. The van der Waals surface area contributed by atoms with Gasteiger partial charge < -0.3 is 19.4 Å². The smallest absolute Gasteiger partial charge is 0.469 e. The molecule has 3 aromatic heterocycles. The van der Waals surface area contributed by atoms with Gasteiger partial charge in [0.15, 0.2) is 6.67 Å². The lowest BCUT2D eigenvalue weighted by Gasteiger charge is -2.23. The highest BCUT2D eigenvalue weighted by molar-refractivity contribution is 5.92. The van der Waals surface area contributed by atoms with Crippen LogP contribution >= 0.6 is 0 Å². The maximum atomic E-state index is 12.6. The Morgan fingerprint density at radius 2 is 2.19 bits per heavy atom. The molecule has 0 saturated heterocycles. The van der Waals surface area contributed by atoms with Crippen LogP contribution in [0.3, 0.4) is 0 Å². The standard InChI is InChI=1S/C16H19N7O4/c1-12(5-6-13-4-3-9-27-13)20(2)15(24)14-7-8-21(18-14)11-22-10-17-16(19-22)23(25)26/h3-4,7-10,12H,5-6,11H2,1-2H3. The third kappa shape index (κ3) is 4.37. The van der Waals surface area contributed by atoms with Crippen molar-refractivity contribution in [1.29, 1.82) is 0 Å². The first kappa shape index (κ1) is 18.3. The van der Waals surface area contributed by atoms with Gasteiger partial charge in [0.05, 0.1) is 6.26 Å². The van der Waals surface area contributed by atoms with Crippen LogP contribution in [0.15, 0.2) is 41.4 Å². The summed E-state index contributed by atoms with van der Waals surface area (Å²) in [6, 6.07) is 5.35. The Morgan fingerprint density at radius 3 is 2.85 bits per heavy atom. The number of aromatic nitrogens is 5. The van der Waals surface area contributed by atoms with Gasteiger partial charge in [0.2, 0.25) is 6.33 Å². The molecule has 3 heterocycles. The fraction of sp³-hybridized carbons (Fsp3) is 0.375. The molecule has 0 fully saturated rings. The lowest BCUT2D eigenvalue weighted by molar-refractivity contribution is -0.394. The van der Waals surface area contributed by atoms with Crippen molar-refractivity contribution in [2.75, 3.05) is 7.05 Å². The Hall–Kier alpha value is -3.50. The Labute approximate surface area is 154 Å². The van der Waals surface area contributed by atoms with Crippen molar-refractivity contribution < 1.29 is 14.1 Å². The third-order valence-corrected chi connectivity index (χ3v) is 4.21. The first-order chi connectivity index (χ1) is 12.9. The zero-order valence-electron chi connectivity index (χ0n) is 14.9. The molecule has 3 rings (SSSR count). The number of amides is 1. The van der Waals surface area contributed by atoms with Crippen LogP contribution < -0.4 is 0 Å². The molecular weight excluding hydrogens is 354 g/mol. The zero-order chi connectivity index (χ0) is 19.4. The van der Waals surface area contributed by atoms with Gasteiger partial charge in [-0.3, -0.25) is 4.79 Å². The number of aryl methyl sites for hydroxylation is 1. The number of hydrogen-bond donors (Lipinski definition) is 0. The van der Waals surface area contributed by atoms with Gasteiger partial charge in [-0.25, -0.2) is 4.68 Å². The molecule has 0 aliphatic heterocycles. The second-order valence-corrected chi connectivity index (χ2v) is 6.11. The summed E-state index contributed by atoms with van der Waals surface area (Å²) in [5.74, 6) is 0.197. The number of furan rings is 1. The molecule has 0 aliphatic rings. The van der Waals surface area contributed by atoms with Crippen molar-refractivity contribution in [3.8, 4) is 0 Å². The van der Waals surface area contributed by atoms with Crippen molar-refractivity contribution in [3.05, 3.63) is 58.6 Å². The van der Waals surface area contributed by atoms with Crippen molar-refractivity contribution in [1.82, 2.24) is 29.4 Å². The molecule has 0 radical (unpaired) electrons. The Bertz CT molecular complexity index is 915. The van der Waals surface area contributed by atoms with E-state index >= 15 is 0 Å². The molecule has 11 heteroatoms. The third-order valence-electron chi connectivity index (χ3n) is 4.21. The monoisotopic (exact) mass is 373 g/mol. The second-order valence-electron chi connectivity index (χ2n) is 6.11. The Balaban J connectivity index is 1.58. The number of carbonyl (C=O) groups excluding carboxylic acids is 1. The Morgan fingerprint density at radius 1 is 1.37 bits per heavy atom. The van der Waals surface area contributed by atoms with Gasteiger partial charge >= 0.3 is 5.95 Å². The molecule has 0 aliphatic carbocycles. The SMILES string of the molecule is CC(CCc1ccco1)N(C)C(=O)c1ccn(Cn2cnc([N+](=O)[O-])n2)n1. The van der Waals surface area contributed by atoms with E-state index in [1.54, 1.807) is 30.5 Å². The minimum absolute atomic E-state index is 0.00529. The molecule has 142 valence electrons. The lowest BCUT2D eigenvalue weighted by atomic mass is 10.1. The topological polar surface area (TPSA) is 125 Å². The van der Waals surface area contributed by atoms with Crippen LogP contribution in [-0.4, -0.2) is 53.4 Å². The quantitative estimate of drug-likeness (QED) is 0.433. The van der Waals surface area contributed by atoms with E-state index in [1.807, 2.05) is 19.1 Å². The molecule has 0 spiro atoms. The van der Waals surface area contributed by atoms with E-state index in [0.717, 1.165) is 18.6 Å². The molecule has 0 aromatic carbocycles. The van der Waals surface area contributed by atoms with Gasteiger partial charge in [0, 0.05) is 30.8 Å². The molecule has 0 saturated carbocycles. The fourth-order valence-corrected chi connectivity index (χ4v) is 2.52. The van der Waals surface area contributed by atoms with E-state index in [4.69, 9.17) is 4.42 Å². The van der Waals surface area contributed by atoms with Crippen LogP contribution in [-0.2, 0) is 13.1 Å². The summed E-state index contributed by atoms with van der Waals surface area (Å²) in [6.07, 6.45) is 5.99. The first-order valence-electron chi connectivity index (χ1n) is 8.31. The first-order valence-corrected chi connectivity index (χ1v) is 8.31. The minimum atomic E-state index is -0.673. The van der Waals surface area contributed by atoms with Gasteiger partial charge in [-0.05, 0) is 36.5 Å². The molecule has 1 atom stereocenters. The van der Waals surface area contributed by atoms with E-state index in [1.165, 1.54) is 15.7 Å². The summed E-state index contributed by atoms with van der Waals surface area (Å²) in [6.45, 7) is 2.08. The van der Waals surface area contributed by atoms with E-state index in [9.17, 15) is 14.9 Å². The highest BCUT2D eigenvalue weighted by Gasteiger charge is 2.20. The summed E-state index contributed by atoms with van der Waals surface area (Å²) < 4.78 is 8.05. The van der Waals surface area contributed by atoms with Gasteiger partial charge in [-0.1, -0.05) is 4.98 Å². The van der Waals surface area contributed by atoms with Gasteiger partial charge in [-0.15, -0.1) is 0 Å². The zero-order valence-corrected chi connectivity index (χ0v) is 14.9. The highest BCUT2D eigenvalue weighted by Crippen LogP contribution is 2.12. The number of nitro groups is 1. The number of carbonyl (C=O) groups is 1. The average molecular weight is 373 g/mol. The van der Waals surface area contributed by atoms with Crippen LogP contribution in [0.5, 0.6) is 0 Å². The predicted molar refractivity (Wildman–Crippen MR) is 92.9 cm³/mol. The van der Waals surface area contributed by atoms with Crippen LogP contribution in [0.4, 0.5) is 5.95 Å². The van der Waals surface area contributed by atoms with Crippen molar-refractivity contribution in [3.63, 3.8) is 0 Å². The maximum Gasteiger partial charge on any atom is 0.491 e. The normalized spacial score (nSPS) is 12.1. The highest BCUT2D eigenvalue weighted by atomic mass is 16.6. The van der Waals surface area contributed by atoms with Crippen LogP contribution in [0.1, 0.15) is 29.6 Å². The van der Waals surface area contributed by atoms with Crippen LogP contribution in [0.2, 0.25) is 0 Å². The van der Waals surface area contributed by atoms with Crippen molar-refractivity contribution >= 4 is 11.9 Å². The van der Waals surface area contributed by atoms with E-state index in [0.29, 0.717) is 0 Å². The summed E-state index contributed by atoms with van der Waals surface area (Å²) in [5.41, 5.74) is 0.289. The summed E-state index contributed by atoms with van der Waals surface area (Å²) in [7, 11) is 1.73. The molecular formula is C16H19N7O4. The molecule has 27 heavy (non-hydrogen) atoms. The number of nitrogens with zero attached hydrogens (tertiary/aromatic N) is 7. The van der Waals surface area contributed by atoms with E-state index in [-0.39, 0.29) is 24.3 Å². The van der Waals surface area contributed by atoms with Crippen LogP contribution in [0.25, 0.3) is 0 Å². The van der Waals surface area contributed by atoms with E-state index in [2.05, 4.69) is 15.2 Å². The molecule has 1 unspecified atom stereocenters. The summed E-state index contributed by atoms with van der Waals surface area (Å²) in [5, 5.41) is 18.6. The molecule has 1 amide bonds. The predicted octanol–water partition coefficient (Wildman–Crippen LogP) is 1.57. The molecule has 3 aromatic rings.